The maximum Gasteiger partial charge on any atom is 0.335 e. The van der Waals surface area contributed by atoms with E-state index < -0.39 is 22.1 Å². The van der Waals surface area contributed by atoms with Crippen molar-refractivity contribution in [1.82, 2.24) is 0 Å². The quantitative estimate of drug-likeness (QED) is 0.746. The zero-order chi connectivity index (χ0) is 20.6. The molecule has 2 aromatic rings. The second-order valence-electron chi connectivity index (χ2n) is 9.09. The Hall–Kier alpha value is -2.19. The summed E-state index contributed by atoms with van der Waals surface area (Å²) in [5, 5.41) is 14.6. The summed E-state index contributed by atoms with van der Waals surface area (Å²) in [5.41, 5.74) is 2.26. The number of anilines is 1. The maximum atomic E-state index is 12.9. The van der Waals surface area contributed by atoms with E-state index in [-0.39, 0.29) is 11.5 Å². The second kappa shape index (κ2) is 7.44. The van der Waals surface area contributed by atoms with Crippen molar-refractivity contribution in [3.8, 4) is 0 Å². The van der Waals surface area contributed by atoms with Crippen LogP contribution in [0.15, 0.2) is 36.4 Å². The Morgan fingerprint density at radius 2 is 1.33 bits per heavy atom. The van der Waals surface area contributed by atoms with Crippen LogP contribution in [0.3, 0.4) is 0 Å². The number of hydrogen-bond acceptors (Lipinski definition) is 2. The third-order valence-electron chi connectivity index (χ3n) is 4.65. The van der Waals surface area contributed by atoms with E-state index in [4.69, 9.17) is 5.11 Å². The molecular formula is C21H29NO3Si2. The Morgan fingerprint density at radius 1 is 0.815 bits per heavy atom. The summed E-state index contributed by atoms with van der Waals surface area (Å²) in [6.45, 7) is 15.5. The summed E-state index contributed by atoms with van der Waals surface area (Å²) in [5.74, 6) is -1.13. The van der Waals surface area contributed by atoms with Crippen LogP contribution < -0.4 is 15.7 Å². The van der Waals surface area contributed by atoms with Gasteiger partial charge in [-0.15, -0.1) is 0 Å². The number of aromatic carboxylic acids is 1. The number of carboxylic acid groups (broad SMARTS) is 1. The van der Waals surface area contributed by atoms with Crippen molar-refractivity contribution in [3.05, 3.63) is 53.1 Å². The number of rotatable bonds is 5. The zero-order valence-electron chi connectivity index (χ0n) is 17.2. The number of carbonyl (C=O) groups excluding carboxylic acids is 1. The Morgan fingerprint density at radius 3 is 1.74 bits per heavy atom. The fraction of sp³-hybridized carbons (Fsp3) is 0.333. The summed E-state index contributed by atoms with van der Waals surface area (Å²) in [7, 11) is -3.13. The third kappa shape index (κ3) is 5.17. The van der Waals surface area contributed by atoms with Gasteiger partial charge in [0.2, 0.25) is 0 Å². The highest BCUT2D eigenvalue weighted by Gasteiger charge is 2.24. The summed E-state index contributed by atoms with van der Waals surface area (Å²) >= 11 is 0. The molecule has 0 atom stereocenters. The van der Waals surface area contributed by atoms with Crippen LogP contribution in [0.25, 0.3) is 0 Å². The van der Waals surface area contributed by atoms with Crippen molar-refractivity contribution in [3.63, 3.8) is 0 Å². The molecule has 0 aliphatic rings. The lowest BCUT2D eigenvalue weighted by atomic mass is 10.1. The van der Waals surface area contributed by atoms with Gasteiger partial charge in [-0.2, -0.15) is 0 Å². The molecule has 0 saturated carbocycles. The van der Waals surface area contributed by atoms with Crippen LogP contribution in [0, 0.1) is 6.92 Å². The molecule has 0 aliphatic carbocycles. The molecule has 0 bridgehead atoms. The van der Waals surface area contributed by atoms with Crippen LogP contribution in [0.5, 0.6) is 0 Å². The minimum absolute atomic E-state index is 0.152. The number of carbonyl (C=O) groups is 2. The zero-order valence-corrected chi connectivity index (χ0v) is 19.2. The maximum absolute atomic E-state index is 12.9. The van der Waals surface area contributed by atoms with Crippen LogP contribution >= 0.6 is 0 Å². The van der Waals surface area contributed by atoms with Crippen LogP contribution in [0.4, 0.5) is 5.69 Å². The molecule has 6 heteroatoms. The van der Waals surface area contributed by atoms with Gasteiger partial charge in [0, 0.05) is 11.3 Å². The van der Waals surface area contributed by atoms with E-state index in [2.05, 4.69) is 50.7 Å². The number of amides is 1. The SMILES string of the molecule is Cc1cc(C(=O)O)ccc1NC(=O)c1cc([Si](C)(C)C)cc([Si](C)(C)C)c1. The first-order chi connectivity index (χ1) is 12.3. The Bertz CT molecular complexity index is 861. The smallest absolute Gasteiger partial charge is 0.335 e. The second-order valence-corrected chi connectivity index (χ2v) is 19.2. The van der Waals surface area contributed by atoms with E-state index in [0.717, 1.165) is 5.56 Å². The lowest BCUT2D eigenvalue weighted by molar-refractivity contribution is 0.0696. The molecule has 0 aliphatic heterocycles. The first-order valence-electron chi connectivity index (χ1n) is 9.10. The normalized spacial score (nSPS) is 12.0. The van der Waals surface area contributed by atoms with E-state index in [1.807, 2.05) is 12.1 Å². The highest BCUT2D eigenvalue weighted by molar-refractivity contribution is 6.91. The van der Waals surface area contributed by atoms with Gasteiger partial charge in [-0.1, -0.05) is 67.9 Å². The first kappa shape index (κ1) is 21.1. The molecule has 0 spiro atoms. The van der Waals surface area contributed by atoms with Gasteiger partial charge in [0.1, 0.15) is 0 Å². The molecule has 4 nitrogen and oxygen atoms in total. The Balaban J connectivity index is 2.42. The number of aryl methyl sites for hydroxylation is 1. The average molecular weight is 400 g/mol. The van der Waals surface area contributed by atoms with Crippen molar-refractivity contribution in [2.45, 2.75) is 46.2 Å². The molecule has 144 valence electrons. The van der Waals surface area contributed by atoms with E-state index in [1.54, 1.807) is 19.1 Å². The van der Waals surface area contributed by atoms with Crippen molar-refractivity contribution in [2.75, 3.05) is 5.32 Å². The predicted octanol–water partition coefficient (Wildman–Crippen LogP) is 4.04. The molecule has 2 aromatic carbocycles. The topological polar surface area (TPSA) is 66.4 Å². The van der Waals surface area contributed by atoms with Crippen LogP contribution in [0.1, 0.15) is 26.3 Å². The molecule has 27 heavy (non-hydrogen) atoms. The molecule has 1 amide bonds. The van der Waals surface area contributed by atoms with Crippen LogP contribution in [-0.4, -0.2) is 33.1 Å². The molecule has 0 saturated heterocycles. The summed E-state index contributed by atoms with van der Waals surface area (Å²) in [6.07, 6.45) is 0. The van der Waals surface area contributed by atoms with Gasteiger partial charge < -0.3 is 10.4 Å². The van der Waals surface area contributed by atoms with Crippen molar-refractivity contribution in [2.24, 2.45) is 0 Å². The predicted molar refractivity (Wildman–Crippen MR) is 118 cm³/mol. The Labute approximate surface area is 163 Å². The molecule has 2 N–H and O–H groups in total. The molecular weight excluding hydrogens is 370 g/mol. The molecule has 0 aromatic heterocycles. The Kier molecular flexibility index (Phi) is 5.82. The molecule has 0 radical (unpaired) electrons. The van der Waals surface area contributed by atoms with Crippen LogP contribution in [-0.2, 0) is 0 Å². The number of benzene rings is 2. The van der Waals surface area contributed by atoms with Crippen molar-refractivity contribution in [1.29, 1.82) is 0 Å². The summed E-state index contributed by atoms with van der Waals surface area (Å²) < 4.78 is 0. The van der Waals surface area contributed by atoms with E-state index >= 15 is 0 Å². The van der Waals surface area contributed by atoms with Gasteiger partial charge in [-0.3, -0.25) is 4.79 Å². The van der Waals surface area contributed by atoms with Crippen LogP contribution in [0.2, 0.25) is 39.3 Å². The lowest BCUT2D eigenvalue weighted by Gasteiger charge is -2.24. The van der Waals surface area contributed by atoms with Gasteiger partial charge in [0.05, 0.1) is 21.7 Å². The minimum Gasteiger partial charge on any atom is -0.478 e. The van der Waals surface area contributed by atoms with E-state index in [0.29, 0.717) is 11.3 Å². The fourth-order valence-corrected chi connectivity index (χ4v) is 5.25. The first-order valence-corrected chi connectivity index (χ1v) is 16.1. The standard InChI is InChI=1S/C21H29NO3Si2/c1-14-10-15(21(24)25)8-9-19(14)22-20(23)16-11-17(26(2,3)4)13-18(12-16)27(5,6)7/h8-13H,1-7H3,(H,22,23)(H,24,25). The highest BCUT2D eigenvalue weighted by Crippen LogP contribution is 2.18. The summed E-state index contributed by atoms with van der Waals surface area (Å²) in [6, 6.07) is 11.1. The highest BCUT2D eigenvalue weighted by atomic mass is 28.3. The largest absolute Gasteiger partial charge is 0.478 e. The van der Waals surface area contributed by atoms with Gasteiger partial charge in [0.15, 0.2) is 0 Å². The fourth-order valence-electron chi connectivity index (χ4n) is 2.76. The third-order valence-corrected chi connectivity index (χ3v) is 8.69. The number of hydrogen-bond donors (Lipinski definition) is 2. The molecule has 2 rings (SSSR count). The number of nitrogens with one attached hydrogen (secondary N) is 1. The lowest BCUT2D eigenvalue weighted by Crippen LogP contribution is -2.46. The van der Waals surface area contributed by atoms with E-state index in [1.165, 1.54) is 16.4 Å². The average Bonchev–Trinajstić information content (AvgIpc) is 2.54. The van der Waals surface area contributed by atoms with Gasteiger partial charge >= 0.3 is 5.97 Å². The van der Waals surface area contributed by atoms with Gasteiger partial charge in [-0.05, 0) is 30.7 Å². The van der Waals surface area contributed by atoms with Gasteiger partial charge in [-0.25, -0.2) is 4.79 Å². The monoisotopic (exact) mass is 399 g/mol. The van der Waals surface area contributed by atoms with E-state index in [9.17, 15) is 9.59 Å². The molecule has 0 unspecified atom stereocenters. The molecule has 0 heterocycles. The van der Waals surface area contributed by atoms with Crippen molar-refractivity contribution < 1.29 is 14.7 Å². The summed E-state index contributed by atoms with van der Waals surface area (Å²) in [4.78, 5) is 24.0. The number of carboxylic acids is 1. The minimum atomic E-state index is -1.57. The van der Waals surface area contributed by atoms with Crippen molar-refractivity contribution >= 4 is 44.1 Å². The molecule has 0 fully saturated rings. The van der Waals surface area contributed by atoms with Gasteiger partial charge in [0.25, 0.3) is 5.91 Å².